The van der Waals surface area contributed by atoms with Gasteiger partial charge in [0.05, 0.1) is 5.69 Å². The third-order valence-corrected chi connectivity index (χ3v) is 5.52. The molecule has 32 heavy (non-hydrogen) atoms. The maximum absolute atomic E-state index is 13.5. The Bertz CT molecular complexity index is 1330. The fourth-order valence-electron chi connectivity index (χ4n) is 3.43. The van der Waals surface area contributed by atoms with Gasteiger partial charge in [0.1, 0.15) is 5.57 Å². The number of anilines is 1. The van der Waals surface area contributed by atoms with Gasteiger partial charge in [-0.05, 0) is 35.9 Å². The fraction of sp³-hybridized carbons (Fsp3) is 0. The number of guanidine groups is 1. The zero-order valence-electron chi connectivity index (χ0n) is 16.4. The maximum Gasteiger partial charge on any atom is 0.285 e. The molecule has 0 aliphatic carbocycles. The average molecular weight is 461 g/mol. The van der Waals surface area contributed by atoms with Gasteiger partial charge in [0, 0.05) is 15.6 Å². The lowest BCUT2D eigenvalue weighted by Gasteiger charge is -2.25. The normalized spacial score (nSPS) is 16.9. The Morgan fingerprint density at radius 1 is 0.844 bits per heavy atom. The van der Waals surface area contributed by atoms with Gasteiger partial charge in [-0.15, -0.1) is 5.10 Å². The van der Waals surface area contributed by atoms with Crippen molar-refractivity contribution < 1.29 is 9.59 Å². The van der Waals surface area contributed by atoms with Crippen LogP contribution >= 0.6 is 23.2 Å². The van der Waals surface area contributed by atoms with Crippen molar-refractivity contribution in [2.45, 2.75) is 0 Å². The molecule has 8 heteroatoms. The lowest BCUT2D eigenvalue weighted by atomic mass is 10.1. The SMILES string of the molecule is O=C1N=C2N(C(=O)/C1=C\c1ccc(Cl)cc1Cl)C(c1ccccc1)=NN2c1ccccc1. The minimum Gasteiger partial charge on any atom is -0.268 e. The first kappa shape index (κ1) is 20.2. The van der Waals surface area contributed by atoms with Crippen LogP contribution in [0, 0.1) is 0 Å². The van der Waals surface area contributed by atoms with Gasteiger partial charge in [-0.1, -0.05) is 77.8 Å². The summed E-state index contributed by atoms with van der Waals surface area (Å²) in [6.45, 7) is 0. The van der Waals surface area contributed by atoms with Gasteiger partial charge in [-0.3, -0.25) is 9.59 Å². The molecule has 0 saturated heterocycles. The number of carbonyl (C=O) groups is 2. The number of rotatable bonds is 3. The van der Waals surface area contributed by atoms with Gasteiger partial charge >= 0.3 is 0 Å². The molecular formula is C24H14Cl2N4O2. The van der Waals surface area contributed by atoms with Crippen LogP contribution in [0.1, 0.15) is 11.1 Å². The predicted octanol–water partition coefficient (Wildman–Crippen LogP) is 4.98. The number of amides is 2. The molecule has 0 unspecified atom stereocenters. The van der Waals surface area contributed by atoms with E-state index < -0.39 is 11.8 Å². The highest BCUT2D eigenvalue weighted by Gasteiger charge is 2.43. The summed E-state index contributed by atoms with van der Waals surface area (Å²) in [7, 11) is 0. The standard InChI is InChI=1S/C24H14Cl2N4O2/c25-17-12-11-16(20(26)14-17)13-19-22(31)27-24-29(23(19)32)21(15-7-3-1-4-8-15)28-30(24)18-9-5-2-6-10-18/h1-14H/b19-13-. The molecule has 0 fully saturated rings. The van der Waals surface area contributed by atoms with Crippen LogP contribution in [0.3, 0.4) is 0 Å². The smallest absolute Gasteiger partial charge is 0.268 e. The van der Waals surface area contributed by atoms with E-state index in [4.69, 9.17) is 23.2 Å². The molecule has 0 bridgehead atoms. The van der Waals surface area contributed by atoms with Gasteiger partial charge in [-0.25, -0.2) is 4.90 Å². The average Bonchev–Trinajstić information content (AvgIpc) is 3.18. The second-order valence-corrected chi connectivity index (χ2v) is 7.86. The lowest BCUT2D eigenvalue weighted by molar-refractivity contribution is -0.125. The Hall–Kier alpha value is -3.74. The molecule has 0 atom stereocenters. The van der Waals surface area contributed by atoms with E-state index in [1.165, 1.54) is 16.0 Å². The number of nitrogens with zero attached hydrogens (tertiary/aromatic N) is 4. The summed E-state index contributed by atoms with van der Waals surface area (Å²) in [5.74, 6) is -0.701. The van der Waals surface area contributed by atoms with E-state index in [1.54, 1.807) is 18.2 Å². The highest BCUT2D eigenvalue weighted by atomic mass is 35.5. The molecule has 3 aromatic carbocycles. The molecule has 2 aliphatic heterocycles. The van der Waals surface area contributed by atoms with Crippen LogP contribution in [0.25, 0.3) is 6.08 Å². The summed E-state index contributed by atoms with van der Waals surface area (Å²) in [6, 6.07) is 23.3. The molecule has 2 aliphatic rings. The zero-order chi connectivity index (χ0) is 22.2. The molecule has 2 amide bonds. The number of fused-ring (bicyclic) bond motifs is 1. The monoisotopic (exact) mass is 460 g/mol. The first-order valence-electron chi connectivity index (χ1n) is 9.66. The van der Waals surface area contributed by atoms with E-state index in [2.05, 4.69) is 10.1 Å². The molecule has 6 nitrogen and oxygen atoms in total. The summed E-state index contributed by atoms with van der Waals surface area (Å²) < 4.78 is 0. The number of para-hydroxylation sites is 1. The quantitative estimate of drug-likeness (QED) is 0.408. The summed E-state index contributed by atoms with van der Waals surface area (Å²) >= 11 is 12.2. The lowest BCUT2D eigenvalue weighted by Crippen LogP contribution is -2.47. The van der Waals surface area contributed by atoms with Gasteiger partial charge < -0.3 is 0 Å². The van der Waals surface area contributed by atoms with E-state index in [0.717, 1.165) is 0 Å². The van der Waals surface area contributed by atoms with Crippen molar-refractivity contribution in [3.8, 4) is 0 Å². The van der Waals surface area contributed by atoms with Crippen molar-refractivity contribution in [2.24, 2.45) is 10.1 Å². The number of amidine groups is 1. The molecule has 0 N–H and O–H groups in total. The summed E-state index contributed by atoms with van der Waals surface area (Å²) in [4.78, 5) is 32.0. The Labute approximate surface area is 193 Å². The summed E-state index contributed by atoms with van der Waals surface area (Å²) in [5.41, 5.74) is 1.77. The molecule has 0 radical (unpaired) electrons. The van der Waals surface area contributed by atoms with Crippen molar-refractivity contribution in [1.82, 2.24) is 4.90 Å². The van der Waals surface area contributed by atoms with E-state index in [1.807, 2.05) is 60.7 Å². The Morgan fingerprint density at radius 2 is 1.53 bits per heavy atom. The molecule has 0 saturated carbocycles. The first-order chi connectivity index (χ1) is 15.5. The highest BCUT2D eigenvalue weighted by molar-refractivity contribution is 6.40. The predicted molar refractivity (Wildman–Crippen MR) is 126 cm³/mol. The molecule has 0 spiro atoms. The Kier molecular flexibility index (Phi) is 5.09. The van der Waals surface area contributed by atoms with Crippen LogP contribution in [-0.4, -0.2) is 28.5 Å². The van der Waals surface area contributed by atoms with Gasteiger partial charge in [0.25, 0.3) is 11.8 Å². The van der Waals surface area contributed by atoms with Crippen LogP contribution in [0.15, 0.2) is 94.5 Å². The van der Waals surface area contributed by atoms with Crippen molar-refractivity contribution in [2.75, 3.05) is 5.01 Å². The van der Waals surface area contributed by atoms with Gasteiger partial charge in [0.2, 0.25) is 5.96 Å². The van der Waals surface area contributed by atoms with Crippen LogP contribution in [-0.2, 0) is 9.59 Å². The molecular weight excluding hydrogens is 447 g/mol. The third-order valence-electron chi connectivity index (χ3n) is 4.96. The molecule has 156 valence electrons. The Balaban J connectivity index is 1.65. The molecule has 5 rings (SSSR count). The van der Waals surface area contributed by atoms with Crippen LogP contribution < -0.4 is 5.01 Å². The second kappa shape index (κ2) is 8.07. The molecule has 0 aromatic heterocycles. The maximum atomic E-state index is 13.5. The van der Waals surface area contributed by atoms with E-state index in [9.17, 15) is 9.59 Å². The van der Waals surface area contributed by atoms with E-state index >= 15 is 0 Å². The molecule has 2 heterocycles. The van der Waals surface area contributed by atoms with Gasteiger partial charge in [-0.2, -0.15) is 10.0 Å². The third kappa shape index (κ3) is 3.49. The largest absolute Gasteiger partial charge is 0.285 e. The topological polar surface area (TPSA) is 65.3 Å². The minimum absolute atomic E-state index is 0.114. The minimum atomic E-state index is -0.669. The van der Waals surface area contributed by atoms with E-state index in [0.29, 0.717) is 32.7 Å². The summed E-state index contributed by atoms with van der Waals surface area (Å²) in [6.07, 6.45) is 1.43. The summed E-state index contributed by atoms with van der Waals surface area (Å²) in [5, 5.41) is 6.90. The number of carbonyl (C=O) groups excluding carboxylic acids is 2. The number of aliphatic imine (C=N–C) groups is 1. The zero-order valence-corrected chi connectivity index (χ0v) is 18.0. The number of hydrogen-bond acceptors (Lipinski definition) is 4. The van der Waals surface area contributed by atoms with Crippen molar-refractivity contribution in [3.63, 3.8) is 0 Å². The second-order valence-electron chi connectivity index (χ2n) is 7.02. The number of halogens is 2. The highest BCUT2D eigenvalue weighted by Crippen LogP contribution is 2.30. The fourth-order valence-corrected chi connectivity index (χ4v) is 3.90. The Morgan fingerprint density at radius 3 is 2.22 bits per heavy atom. The number of hydrazone groups is 1. The van der Waals surface area contributed by atoms with Crippen molar-refractivity contribution >= 4 is 58.6 Å². The number of hydrogen-bond donors (Lipinski definition) is 0. The van der Waals surface area contributed by atoms with E-state index in [-0.39, 0.29) is 11.5 Å². The first-order valence-corrected chi connectivity index (χ1v) is 10.4. The van der Waals surface area contributed by atoms with Crippen LogP contribution in [0.4, 0.5) is 5.69 Å². The van der Waals surface area contributed by atoms with Crippen LogP contribution in [0.5, 0.6) is 0 Å². The van der Waals surface area contributed by atoms with Crippen molar-refractivity contribution in [1.29, 1.82) is 0 Å². The number of benzene rings is 3. The van der Waals surface area contributed by atoms with Gasteiger partial charge in [0.15, 0.2) is 5.84 Å². The van der Waals surface area contributed by atoms with Crippen LogP contribution in [0.2, 0.25) is 10.0 Å². The molecule has 3 aromatic rings. The van der Waals surface area contributed by atoms with Crippen molar-refractivity contribution in [3.05, 3.63) is 106 Å².